The van der Waals surface area contributed by atoms with Crippen LogP contribution in [0.25, 0.3) is 11.5 Å². The van der Waals surface area contributed by atoms with Gasteiger partial charge in [0, 0.05) is 31.2 Å². The summed E-state index contributed by atoms with van der Waals surface area (Å²) in [7, 11) is 0. The fraction of sp³-hybridized carbons (Fsp3) is 0.476. The number of carbonyl (C=O) groups is 1. The van der Waals surface area contributed by atoms with E-state index in [-0.39, 0.29) is 12.1 Å². The molecule has 1 aromatic heterocycles. The first kappa shape index (κ1) is 20.7. The normalized spacial score (nSPS) is 15.2. The lowest BCUT2D eigenvalue weighted by Gasteiger charge is -2.32. The highest BCUT2D eigenvalue weighted by Crippen LogP contribution is 2.18. The molecule has 8 heteroatoms. The van der Waals surface area contributed by atoms with E-state index in [2.05, 4.69) is 20.6 Å². The number of likely N-dealkylation sites (tertiary alicyclic amines) is 1. The average molecular weight is 399 g/mol. The number of piperidine rings is 1. The summed E-state index contributed by atoms with van der Waals surface area (Å²) in [6, 6.07) is 10.1. The predicted molar refractivity (Wildman–Crippen MR) is 112 cm³/mol. The number of amides is 1. The number of ether oxygens (including phenoxy) is 1. The third-order valence-electron chi connectivity index (χ3n) is 4.68. The second-order valence-corrected chi connectivity index (χ2v) is 6.81. The topological polar surface area (TPSA) is 92.0 Å². The minimum Gasteiger partial charge on any atom is -0.450 e. The Bertz CT molecular complexity index is 798. The number of rotatable bonds is 6. The molecule has 0 aliphatic carbocycles. The molecule has 0 bridgehead atoms. The quantitative estimate of drug-likeness (QED) is 0.573. The van der Waals surface area contributed by atoms with Crippen LogP contribution >= 0.6 is 0 Å². The van der Waals surface area contributed by atoms with Crippen molar-refractivity contribution in [3.05, 3.63) is 42.3 Å². The highest BCUT2D eigenvalue weighted by molar-refractivity contribution is 5.80. The van der Waals surface area contributed by atoms with Crippen LogP contribution in [-0.4, -0.2) is 54.2 Å². The number of oxazole rings is 1. The van der Waals surface area contributed by atoms with Gasteiger partial charge >= 0.3 is 6.09 Å². The van der Waals surface area contributed by atoms with Gasteiger partial charge in [0.25, 0.3) is 0 Å². The van der Waals surface area contributed by atoms with Crippen molar-refractivity contribution in [2.45, 2.75) is 39.3 Å². The van der Waals surface area contributed by atoms with Gasteiger partial charge in [-0.1, -0.05) is 18.2 Å². The molecular weight excluding hydrogens is 370 g/mol. The summed E-state index contributed by atoms with van der Waals surface area (Å²) in [5.74, 6) is 1.34. The predicted octanol–water partition coefficient (Wildman–Crippen LogP) is 3.02. The van der Waals surface area contributed by atoms with Crippen molar-refractivity contribution in [3.8, 4) is 11.5 Å². The van der Waals surface area contributed by atoms with Crippen molar-refractivity contribution in [1.82, 2.24) is 20.5 Å². The second-order valence-electron chi connectivity index (χ2n) is 6.81. The maximum absolute atomic E-state index is 11.8. The van der Waals surface area contributed by atoms with Gasteiger partial charge in [0.05, 0.1) is 13.2 Å². The molecule has 1 saturated heterocycles. The highest BCUT2D eigenvalue weighted by atomic mass is 16.6. The Kier molecular flexibility index (Phi) is 7.49. The van der Waals surface area contributed by atoms with Gasteiger partial charge in [-0.25, -0.2) is 14.8 Å². The molecule has 1 aliphatic rings. The van der Waals surface area contributed by atoms with Crippen LogP contribution in [0.2, 0.25) is 0 Å². The largest absolute Gasteiger partial charge is 0.450 e. The van der Waals surface area contributed by atoms with Gasteiger partial charge in [-0.3, -0.25) is 0 Å². The van der Waals surface area contributed by atoms with Crippen LogP contribution in [0.3, 0.4) is 0 Å². The van der Waals surface area contributed by atoms with Crippen LogP contribution in [0.4, 0.5) is 4.79 Å². The second kappa shape index (κ2) is 10.5. The Morgan fingerprint density at radius 1 is 1.28 bits per heavy atom. The van der Waals surface area contributed by atoms with Crippen LogP contribution in [-0.2, 0) is 11.3 Å². The van der Waals surface area contributed by atoms with Gasteiger partial charge in [0.1, 0.15) is 12.0 Å². The Hall–Kier alpha value is -3.03. The molecule has 1 aliphatic heterocycles. The van der Waals surface area contributed by atoms with Gasteiger partial charge < -0.3 is 24.7 Å². The number of hydrogen-bond acceptors (Lipinski definition) is 5. The SMILES string of the molecule is CCNC(=NCc1coc(-c2ccccc2)n1)NC1CCN(C(=O)OCC)CC1. The third-order valence-corrected chi connectivity index (χ3v) is 4.68. The van der Waals surface area contributed by atoms with Gasteiger partial charge in [0.15, 0.2) is 5.96 Å². The zero-order valence-corrected chi connectivity index (χ0v) is 17.1. The molecule has 1 fully saturated rings. The molecule has 0 unspecified atom stereocenters. The molecule has 1 amide bonds. The summed E-state index contributed by atoms with van der Waals surface area (Å²) < 4.78 is 10.6. The molecule has 2 heterocycles. The van der Waals surface area contributed by atoms with E-state index >= 15 is 0 Å². The lowest BCUT2D eigenvalue weighted by molar-refractivity contribution is 0.0963. The number of aromatic nitrogens is 1. The first-order chi connectivity index (χ1) is 14.2. The van der Waals surface area contributed by atoms with Crippen molar-refractivity contribution in [3.63, 3.8) is 0 Å². The molecule has 1 aromatic carbocycles. The molecule has 8 nitrogen and oxygen atoms in total. The summed E-state index contributed by atoms with van der Waals surface area (Å²) in [5.41, 5.74) is 1.72. The van der Waals surface area contributed by atoms with Crippen LogP contribution < -0.4 is 10.6 Å². The van der Waals surface area contributed by atoms with Crippen LogP contribution in [0.5, 0.6) is 0 Å². The number of hydrogen-bond donors (Lipinski definition) is 2. The molecule has 2 aromatic rings. The fourth-order valence-electron chi connectivity index (χ4n) is 3.19. The molecule has 0 saturated carbocycles. The fourth-order valence-corrected chi connectivity index (χ4v) is 3.19. The number of nitrogens with zero attached hydrogens (tertiary/aromatic N) is 3. The van der Waals surface area contributed by atoms with E-state index in [1.54, 1.807) is 11.2 Å². The number of nitrogens with one attached hydrogen (secondary N) is 2. The molecule has 2 N–H and O–H groups in total. The summed E-state index contributed by atoms with van der Waals surface area (Å²) in [6.45, 7) is 6.81. The first-order valence-electron chi connectivity index (χ1n) is 10.2. The number of aliphatic imine (C=N–C) groups is 1. The molecule has 0 atom stereocenters. The van der Waals surface area contributed by atoms with E-state index in [9.17, 15) is 4.79 Å². The van der Waals surface area contributed by atoms with Gasteiger partial charge in [-0.05, 0) is 38.8 Å². The highest BCUT2D eigenvalue weighted by Gasteiger charge is 2.24. The van der Waals surface area contributed by atoms with Gasteiger partial charge in [-0.15, -0.1) is 0 Å². The number of benzene rings is 1. The Morgan fingerprint density at radius 2 is 2.03 bits per heavy atom. The summed E-state index contributed by atoms with van der Waals surface area (Å²) in [4.78, 5) is 22.7. The van der Waals surface area contributed by atoms with E-state index in [0.29, 0.717) is 32.1 Å². The van der Waals surface area contributed by atoms with E-state index in [0.717, 1.165) is 36.6 Å². The molecule has 0 spiro atoms. The zero-order valence-electron chi connectivity index (χ0n) is 17.1. The minimum atomic E-state index is -0.230. The van der Waals surface area contributed by atoms with E-state index in [1.165, 1.54) is 0 Å². The minimum absolute atomic E-state index is 0.230. The molecular formula is C21H29N5O3. The molecule has 29 heavy (non-hydrogen) atoms. The summed E-state index contributed by atoms with van der Waals surface area (Å²) in [5, 5.41) is 6.73. The Labute approximate surface area is 171 Å². The Balaban J connectivity index is 1.54. The summed E-state index contributed by atoms with van der Waals surface area (Å²) in [6.07, 6.45) is 3.12. The monoisotopic (exact) mass is 399 g/mol. The van der Waals surface area contributed by atoms with Crippen molar-refractivity contribution >= 4 is 12.1 Å². The van der Waals surface area contributed by atoms with Crippen LogP contribution in [0.1, 0.15) is 32.4 Å². The lowest BCUT2D eigenvalue weighted by atomic mass is 10.1. The zero-order chi connectivity index (χ0) is 20.5. The third kappa shape index (κ3) is 5.97. The lowest BCUT2D eigenvalue weighted by Crippen LogP contribution is -2.49. The van der Waals surface area contributed by atoms with Crippen molar-refractivity contribution in [2.24, 2.45) is 4.99 Å². The summed E-state index contributed by atoms with van der Waals surface area (Å²) >= 11 is 0. The Morgan fingerprint density at radius 3 is 2.72 bits per heavy atom. The van der Waals surface area contributed by atoms with Gasteiger partial charge in [-0.2, -0.15) is 0 Å². The smallest absolute Gasteiger partial charge is 0.409 e. The average Bonchev–Trinajstić information content (AvgIpc) is 3.23. The maximum Gasteiger partial charge on any atom is 0.409 e. The molecule has 0 radical (unpaired) electrons. The number of guanidine groups is 1. The van der Waals surface area contributed by atoms with E-state index in [1.807, 2.05) is 44.2 Å². The maximum atomic E-state index is 11.8. The van der Waals surface area contributed by atoms with Crippen LogP contribution in [0.15, 0.2) is 46.0 Å². The van der Waals surface area contributed by atoms with Crippen molar-refractivity contribution in [2.75, 3.05) is 26.2 Å². The van der Waals surface area contributed by atoms with Gasteiger partial charge in [0.2, 0.25) is 5.89 Å². The molecule has 3 rings (SSSR count). The number of carbonyl (C=O) groups excluding carboxylic acids is 1. The standard InChI is InChI=1S/C21H29N5O3/c1-3-22-20(25-17-10-12-26(13-11-17)21(27)28-4-2)23-14-18-15-29-19(24-18)16-8-6-5-7-9-16/h5-9,15,17H,3-4,10-14H2,1-2H3,(H2,22,23,25). The van der Waals surface area contributed by atoms with Crippen LogP contribution in [0, 0.1) is 0 Å². The van der Waals surface area contributed by atoms with E-state index < -0.39 is 0 Å². The van der Waals surface area contributed by atoms with Crippen molar-refractivity contribution in [1.29, 1.82) is 0 Å². The van der Waals surface area contributed by atoms with Crippen molar-refractivity contribution < 1.29 is 13.9 Å². The first-order valence-corrected chi connectivity index (χ1v) is 10.2. The molecule has 156 valence electrons. The van der Waals surface area contributed by atoms with E-state index in [4.69, 9.17) is 9.15 Å².